The normalized spacial score (nSPS) is 15.8. The molecule has 3 N–H and O–H groups in total. The third kappa shape index (κ3) is 4.87. The van der Waals surface area contributed by atoms with Gasteiger partial charge in [-0.2, -0.15) is 13.2 Å². The summed E-state index contributed by atoms with van der Waals surface area (Å²) in [7, 11) is 0. The molecule has 3 rings (SSSR count). The lowest BCUT2D eigenvalue weighted by Crippen LogP contribution is -2.43. The van der Waals surface area contributed by atoms with Crippen molar-refractivity contribution in [2.24, 2.45) is 11.7 Å². The molecule has 0 radical (unpaired) electrons. The maximum Gasteiger partial charge on any atom is 0.419 e. The highest BCUT2D eigenvalue weighted by molar-refractivity contribution is 6.00. The van der Waals surface area contributed by atoms with Crippen molar-refractivity contribution in [3.8, 4) is 16.9 Å². The number of nitrogens with zero attached hydrogens (tertiary/aromatic N) is 1. The molecular weight excluding hydrogens is 383 g/mol. The first-order chi connectivity index (χ1) is 13.5. The number of nitrogens with one attached hydrogen (secondary N) is 1. The number of aromatic nitrogens is 1. The molecule has 1 amide bonds. The van der Waals surface area contributed by atoms with Crippen LogP contribution in [0.3, 0.4) is 0 Å². The van der Waals surface area contributed by atoms with Crippen LogP contribution in [0.25, 0.3) is 11.1 Å². The number of anilines is 1. The van der Waals surface area contributed by atoms with Gasteiger partial charge in [0.15, 0.2) is 0 Å². The van der Waals surface area contributed by atoms with Gasteiger partial charge in [0.05, 0.1) is 12.0 Å². The van der Waals surface area contributed by atoms with E-state index in [9.17, 15) is 18.0 Å². The number of hydrogen-bond acceptors (Lipinski definition) is 4. The van der Waals surface area contributed by atoms with Gasteiger partial charge in [-0.15, -0.1) is 0 Å². The van der Waals surface area contributed by atoms with Crippen LogP contribution in [-0.2, 0) is 17.4 Å². The number of rotatable bonds is 6. The number of alkyl halides is 3. The standard InChI is InChI=1S/C21H24F3N3O2/c1-12(2)10-20(3,25)11-29-17-5-4-13(8-16(17)21(22,23)24)14-6-7-26-19-15(14)9-18(28)27-19/h4-8,12H,9-11,25H2,1-3H3,(H,26,27,28). The summed E-state index contributed by atoms with van der Waals surface area (Å²) in [4.78, 5) is 15.7. The van der Waals surface area contributed by atoms with Crippen molar-refractivity contribution >= 4 is 11.7 Å². The second-order valence-electron chi connectivity index (χ2n) is 8.16. The summed E-state index contributed by atoms with van der Waals surface area (Å²) < 4.78 is 46.7. The topological polar surface area (TPSA) is 77.2 Å². The van der Waals surface area contributed by atoms with Gasteiger partial charge in [0.2, 0.25) is 5.91 Å². The number of carbonyl (C=O) groups is 1. The molecule has 0 spiro atoms. The lowest BCUT2D eigenvalue weighted by atomic mass is 9.92. The first kappa shape index (κ1) is 21.1. The van der Waals surface area contributed by atoms with Crippen molar-refractivity contribution < 1.29 is 22.7 Å². The zero-order valence-electron chi connectivity index (χ0n) is 16.6. The Morgan fingerprint density at radius 3 is 2.66 bits per heavy atom. The Morgan fingerprint density at radius 1 is 1.28 bits per heavy atom. The number of amides is 1. The molecule has 2 aromatic rings. The van der Waals surface area contributed by atoms with Gasteiger partial charge in [-0.1, -0.05) is 19.9 Å². The minimum atomic E-state index is -4.60. The first-order valence-corrected chi connectivity index (χ1v) is 9.37. The van der Waals surface area contributed by atoms with Crippen molar-refractivity contribution in [1.29, 1.82) is 0 Å². The van der Waals surface area contributed by atoms with Crippen LogP contribution in [0.4, 0.5) is 19.0 Å². The van der Waals surface area contributed by atoms with Crippen molar-refractivity contribution in [2.75, 3.05) is 11.9 Å². The molecule has 1 unspecified atom stereocenters. The number of pyridine rings is 1. The summed E-state index contributed by atoms with van der Waals surface area (Å²) >= 11 is 0. The molecule has 1 aromatic carbocycles. The minimum Gasteiger partial charge on any atom is -0.491 e. The highest BCUT2D eigenvalue weighted by Crippen LogP contribution is 2.40. The second kappa shape index (κ2) is 7.67. The van der Waals surface area contributed by atoms with Crippen LogP contribution in [0, 0.1) is 5.92 Å². The smallest absolute Gasteiger partial charge is 0.419 e. The van der Waals surface area contributed by atoms with E-state index in [1.807, 2.05) is 13.8 Å². The van der Waals surface area contributed by atoms with Crippen LogP contribution >= 0.6 is 0 Å². The molecule has 0 fully saturated rings. The van der Waals surface area contributed by atoms with Crippen molar-refractivity contribution in [3.63, 3.8) is 0 Å². The van der Waals surface area contributed by atoms with E-state index in [4.69, 9.17) is 10.5 Å². The Hall–Kier alpha value is -2.61. The maximum atomic E-state index is 13.7. The average Bonchev–Trinajstić information content (AvgIpc) is 2.98. The third-order valence-electron chi connectivity index (χ3n) is 4.68. The van der Waals surface area contributed by atoms with E-state index >= 15 is 0 Å². The molecular formula is C21H24F3N3O2. The number of nitrogens with two attached hydrogens (primary N) is 1. The lowest BCUT2D eigenvalue weighted by molar-refractivity contribution is -0.139. The van der Waals surface area contributed by atoms with Crippen LogP contribution in [0.15, 0.2) is 30.5 Å². The Labute approximate surface area is 167 Å². The quantitative estimate of drug-likeness (QED) is 0.744. The van der Waals surface area contributed by atoms with Crippen LogP contribution in [0.2, 0.25) is 0 Å². The second-order valence-corrected chi connectivity index (χ2v) is 8.16. The molecule has 1 aliphatic rings. The number of benzene rings is 1. The third-order valence-corrected chi connectivity index (χ3v) is 4.68. The van der Waals surface area contributed by atoms with Gasteiger partial charge in [-0.3, -0.25) is 4.79 Å². The summed E-state index contributed by atoms with van der Waals surface area (Å²) in [6.45, 7) is 5.72. The van der Waals surface area contributed by atoms with Crippen LogP contribution < -0.4 is 15.8 Å². The van der Waals surface area contributed by atoms with Gasteiger partial charge in [-0.05, 0) is 48.6 Å². The van der Waals surface area contributed by atoms with E-state index in [-0.39, 0.29) is 24.7 Å². The highest BCUT2D eigenvalue weighted by atomic mass is 19.4. The zero-order chi connectivity index (χ0) is 21.4. The summed E-state index contributed by atoms with van der Waals surface area (Å²) in [5.41, 5.74) is 6.02. The highest BCUT2D eigenvalue weighted by Gasteiger charge is 2.36. The van der Waals surface area contributed by atoms with E-state index < -0.39 is 17.3 Å². The van der Waals surface area contributed by atoms with Gasteiger partial charge >= 0.3 is 6.18 Å². The molecule has 1 aliphatic heterocycles. The van der Waals surface area contributed by atoms with E-state index in [2.05, 4.69) is 10.3 Å². The van der Waals surface area contributed by atoms with E-state index in [1.54, 1.807) is 19.1 Å². The average molecular weight is 407 g/mol. The Kier molecular flexibility index (Phi) is 5.58. The fourth-order valence-corrected chi connectivity index (χ4v) is 3.67. The number of fused-ring (bicyclic) bond motifs is 1. The number of halogens is 3. The van der Waals surface area contributed by atoms with Gasteiger partial charge in [-0.25, -0.2) is 4.98 Å². The van der Waals surface area contributed by atoms with Crippen LogP contribution in [0.1, 0.15) is 38.3 Å². The van der Waals surface area contributed by atoms with E-state index in [1.165, 1.54) is 12.3 Å². The molecule has 1 atom stereocenters. The molecule has 0 saturated carbocycles. The molecule has 0 bridgehead atoms. The van der Waals surface area contributed by atoms with Gasteiger partial charge in [0.1, 0.15) is 18.2 Å². The summed E-state index contributed by atoms with van der Waals surface area (Å²) in [6.07, 6.45) is -2.43. The maximum absolute atomic E-state index is 13.7. The summed E-state index contributed by atoms with van der Waals surface area (Å²) in [5, 5.41) is 2.61. The Bertz CT molecular complexity index is 924. The largest absolute Gasteiger partial charge is 0.491 e. The van der Waals surface area contributed by atoms with Crippen molar-refractivity contribution in [3.05, 3.63) is 41.6 Å². The lowest BCUT2D eigenvalue weighted by Gasteiger charge is -2.27. The van der Waals surface area contributed by atoms with E-state index in [0.717, 1.165) is 6.07 Å². The predicted molar refractivity (Wildman–Crippen MR) is 105 cm³/mol. The van der Waals surface area contributed by atoms with Gasteiger partial charge in [0, 0.05) is 17.3 Å². The van der Waals surface area contributed by atoms with Gasteiger partial charge < -0.3 is 15.8 Å². The molecule has 156 valence electrons. The molecule has 8 heteroatoms. The van der Waals surface area contributed by atoms with Gasteiger partial charge in [0.25, 0.3) is 0 Å². The van der Waals surface area contributed by atoms with Crippen LogP contribution in [0.5, 0.6) is 5.75 Å². The number of ether oxygens (including phenoxy) is 1. The molecule has 29 heavy (non-hydrogen) atoms. The predicted octanol–water partition coefficient (Wildman–Crippen LogP) is 4.40. The number of carbonyl (C=O) groups excluding carboxylic acids is 1. The summed E-state index contributed by atoms with van der Waals surface area (Å²) in [5.74, 6) is 0.182. The van der Waals surface area contributed by atoms with Crippen LogP contribution in [-0.4, -0.2) is 23.0 Å². The van der Waals surface area contributed by atoms with E-state index in [0.29, 0.717) is 34.8 Å². The molecule has 2 heterocycles. The molecule has 0 saturated heterocycles. The number of hydrogen-bond donors (Lipinski definition) is 2. The summed E-state index contributed by atoms with van der Waals surface area (Å²) in [6, 6.07) is 5.51. The fraction of sp³-hybridized carbons (Fsp3) is 0.429. The monoisotopic (exact) mass is 407 g/mol. The molecule has 1 aromatic heterocycles. The first-order valence-electron chi connectivity index (χ1n) is 9.37. The molecule has 5 nitrogen and oxygen atoms in total. The van der Waals surface area contributed by atoms with Crippen molar-refractivity contribution in [2.45, 2.75) is 45.3 Å². The minimum absolute atomic E-state index is 0.0311. The molecule has 0 aliphatic carbocycles. The SMILES string of the molecule is CC(C)CC(C)(N)COc1ccc(-c2ccnc3c2CC(=O)N3)cc1C(F)(F)F. The zero-order valence-corrected chi connectivity index (χ0v) is 16.6. The Morgan fingerprint density at radius 2 is 2.00 bits per heavy atom. The fourth-order valence-electron chi connectivity index (χ4n) is 3.67. The van der Waals surface area contributed by atoms with Crippen molar-refractivity contribution in [1.82, 2.24) is 4.98 Å². The Balaban J connectivity index is 1.94.